The molecule has 0 unspecified atom stereocenters. The molecule has 11 heteroatoms. The summed E-state index contributed by atoms with van der Waals surface area (Å²) in [5, 5.41) is 22.5. The van der Waals surface area contributed by atoms with Crippen molar-refractivity contribution in [2.75, 3.05) is 30.4 Å². The number of Topliss-reactive ketones (excluding diaryl/α,β-unsaturated/α-hetero) is 1. The first kappa shape index (κ1) is 28.6. The summed E-state index contributed by atoms with van der Waals surface area (Å²) in [6.45, 7) is 4.79. The summed E-state index contributed by atoms with van der Waals surface area (Å²) in [7, 11) is 1.52. The van der Waals surface area contributed by atoms with Crippen LogP contribution in [0.4, 0.5) is 21.8 Å². The van der Waals surface area contributed by atoms with E-state index in [0.717, 1.165) is 16.2 Å². The first-order valence-corrected chi connectivity index (χ1v) is 14.3. The van der Waals surface area contributed by atoms with Crippen molar-refractivity contribution in [1.82, 2.24) is 20.2 Å². The van der Waals surface area contributed by atoms with Crippen LogP contribution in [0.1, 0.15) is 43.0 Å². The number of methoxy groups -OCH3 is 1. The number of benzene rings is 2. The average molecular weight is 577 g/mol. The molecule has 1 fully saturated rings. The summed E-state index contributed by atoms with van der Waals surface area (Å²) in [6.07, 6.45) is 1.69. The van der Waals surface area contributed by atoms with Gasteiger partial charge >= 0.3 is 0 Å². The molecule has 1 aliphatic rings. The number of aromatic nitrogens is 4. The molecule has 0 aliphatic carbocycles. The average Bonchev–Trinajstić information content (AvgIpc) is 3.38. The van der Waals surface area contributed by atoms with Gasteiger partial charge in [-0.05, 0) is 67.4 Å². The minimum Gasteiger partial charge on any atom is -0.496 e. The summed E-state index contributed by atoms with van der Waals surface area (Å²) in [4.78, 5) is 24.4. The molecule has 0 spiro atoms. The number of ether oxygens (including phenoxy) is 1. The van der Waals surface area contributed by atoms with Crippen molar-refractivity contribution in [3.63, 3.8) is 0 Å². The van der Waals surface area contributed by atoms with Crippen molar-refractivity contribution in [2.24, 2.45) is 0 Å². The van der Waals surface area contributed by atoms with E-state index in [1.54, 1.807) is 6.07 Å². The lowest BCUT2D eigenvalue weighted by molar-refractivity contribution is -0.118. The van der Waals surface area contributed by atoms with Crippen LogP contribution in [0.2, 0.25) is 0 Å². The van der Waals surface area contributed by atoms with Crippen LogP contribution >= 0.6 is 11.8 Å². The number of anilines is 3. The Hall–Kier alpha value is -3.96. The van der Waals surface area contributed by atoms with E-state index in [1.807, 2.05) is 50.2 Å². The zero-order valence-corrected chi connectivity index (χ0v) is 24.1. The number of H-pyrrole nitrogens is 1. The normalized spacial score (nSPS) is 14.6. The number of aryl methyl sites for hydroxylation is 1. The molecule has 0 amide bonds. The number of hydrogen-bond donors (Lipinski definition) is 3. The standard InChI is InChI=1S/C30H33FN6O3S/c1-4-22(38)16-20-5-8-23(9-6-20)41-29-33-26(32-27-15-19(2)35-36-27)18-28(34-29)37-13-11-30(39,12-14-37)24-17-21(31)7-10-25(24)40-3/h5-10,15,17-18,39H,4,11-14,16H2,1-3H3,(H2,32,33,34,35,36). The number of piperidine rings is 1. The third kappa shape index (κ3) is 6.86. The number of nitrogens with one attached hydrogen (secondary N) is 2. The maximum atomic E-state index is 14.1. The van der Waals surface area contributed by atoms with Crippen LogP contribution in [0.3, 0.4) is 0 Å². The van der Waals surface area contributed by atoms with Gasteiger partial charge in [0, 0.05) is 54.2 Å². The van der Waals surface area contributed by atoms with Crippen LogP contribution in [-0.2, 0) is 16.8 Å². The van der Waals surface area contributed by atoms with E-state index in [1.165, 1.54) is 31.0 Å². The van der Waals surface area contributed by atoms with Crippen LogP contribution in [0.5, 0.6) is 5.75 Å². The molecule has 2 aromatic heterocycles. The predicted molar refractivity (Wildman–Crippen MR) is 157 cm³/mol. The Morgan fingerprint density at radius 1 is 1.12 bits per heavy atom. The van der Waals surface area contributed by atoms with E-state index in [0.29, 0.717) is 72.7 Å². The van der Waals surface area contributed by atoms with E-state index < -0.39 is 11.4 Å². The molecular weight excluding hydrogens is 543 g/mol. The van der Waals surface area contributed by atoms with Crippen molar-refractivity contribution in [3.05, 3.63) is 77.2 Å². The molecular formula is C30H33FN6O3S. The van der Waals surface area contributed by atoms with Crippen molar-refractivity contribution in [2.45, 2.75) is 55.2 Å². The number of aliphatic hydroxyl groups is 1. The lowest BCUT2D eigenvalue weighted by Gasteiger charge is -2.39. The fourth-order valence-electron chi connectivity index (χ4n) is 4.85. The van der Waals surface area contributed by atoms with Crippen molar-refractivity contribution < 1.29 is 19.0 Å². The molecule has 5 rings (SSSR count). The largest absolute Gasteiger partial charge is 0.496 e. The smallest absolute Gasteiger partial charge is 0.196 e. The second-order valence-electron chi connectivity index (χ2n) is 10.1. The highest BCUT2D eigenvalue weighted by molar-refractivity contribution is 7.99. The van der Waals surface area contributed by atoms with Crippen LogP contribution in [0.25, 0.3) is 0 Å². The lowest BCUT2D eigenvalue weighted by Crippen LogP contribution is -2.43. The van der Waals surface area contributed by atoms with Crippen molar-refractivity contribution >= 4 is 35.0 Å². The molecule has 0 saturated carbocycles. The molecule has 9 nitrogen and oxygen atoms in total. The number of hydrogen-bond acceptors (Lipinski definition) is 9. The fraction of sp³-hybridized carbons (Fsp3) is 0.333. The van der Waals surface area contributed by atoms with E-state index >= 15 is 0 Å². The number of nitrogens with zero attached hydrogens (tertiary/aromatic N) is 4. The first-order chi connectivity index (χ1) is 19.7. The molecule has 1 aliphatic heterocycles. The Morgan fingerprint density at radius 3 is 2.54 bits per heavy atom. The van der Waals surface area contributed by atoms with E-state index in [4.69, 9.17) is 14.7 Å². The highest BCUT2D eigenvalue weighted by atomic mass is 32.2. The number of ketones is 1. The van der Waals surface area contributed by atoms with Gasteiger partial charge in [0.15, 0.2) is 11.0 Å². The summed E-state index contributed by atoms with van der Waals surface area (Å²) >= 11 is 1.42. The summed E-state index contributed by atoms with van der Waals surface area (Å²) in [6, 6.07) is 15.8. The summed E-state index contributed by atoms with van der Waals surface area (Å²) in [5.41, 5.74) is 1.13. The molecule has 3 heterocycles. The highest BCUT2D eigenvalue weighted by Gasteiger charge is 2.37. The van der Waals surface area contributed by atoms with E-state index in [9.17, 15) is 14.3 Å². The number of carbonyl (C=O) groups is 1. The Kier molecular flexibility index (Phi) is 8.55. The molecule has 0 bridgehead atoms. The van der Waals surface area contributed by atoms with Crippen LogP contribution in [0, 0.1) is 12.7 Å². The maximum Gasteiger partial charge on any atom is 0.196 e. The van der Waals surface area contributed by atoms with Crippen molar-refractivity contribution in [3.8, 4) is 5.75 Å². The molecule has 41 heavy (non-hydrogen) atoms. The molecule has 0 radical (unpaired) electrons. The summed E-state index contributed by atoms with van der Waals surface area (Å²) < 4.78 is 19.5. The SMILES string of the molecule is CCC(=O)Cc1ccc(Sc2nc(Nc3cc(C)[nH]n3)cc(N3CCC(O)(c4cc(F)ccc4OC)CC3)n2)cc1. The zero-order valence-electron chi connectivity index (χ0n) is 23.3. The van der Waals surface area contributed by atoms with Crippen molar-refractivity contribution in [1.29, 1.82) is 0 Å². The number of aromatic amines is 1. The molecule has 4 aromatic rings. The fourth-order valence-corrected chi connectivity index (χ4v) is 5.62. The number of rotatable bonds is 10. The van der Waals surface area contributed by atoms with Gasteiger partial charge in [-0.2, -0.15) is 5.10 Å². The Morgan fingerprint density at radius 2 is 1.88 bits per heavy atom. The maximum absolute atomic E-state index is 14.1. The van der Waals surface area contributed by atoms with Crippen LogP contribution in [-0.4, -0.2) is 51.3 Å². The van der Waals surface area contributed by atoms with Gasteiger partial charge in [-0.1, -0.05) is 19.1 Å². The lowest BCUT2D eigenvalue weighted by atomic mass is 9.83. The third-order valence-corrected chi connectivity index (χ3v) is 8.03. The topological polar surface area (TPSA) is 116 Å². The first-order valence-electron chi connectivity index (χ1n) is 13.5. The Labute approximate surface area is 242 Å². The van der Waals surface area contributed by atoms with Crippen LogP contribution < -0.4 is 15.0 Å². The van der Waals surface area contributed by atoms with Gasteiger partial charge in [0.2, 0.25) is 0 Å². The predicted octanol–water partition coefficient (Wildman–Crippen LogP) is 5.56. The van der Waals surface area contributed by atoms with E-state index in [-0.39, 0.29) is 5.78 Å². The van der Waals surface area contributed by atoms with Gasteiger partial charge in [0.05, 0.1) is 12.7 Å². The Bertz CT molecular complexity index is 1520. The molecule has 3 N–H and O–H groups in total. The third-order valence-electron chi connectivity index (χ3n) is 7.16. The molecule has 214 valence electrons. The quantitative estimate of drug-likeness (QED) is 0.209. The minimum absolute atomic E-state index is 0.204. The second kappa shape index (κ2) is 12.3. The van der Waals surface area contributed by atoms with Gasteiger partial charge in [-0.15, -0.1) is 0 Å². The van der Waals surface area contributed by atoms with Gasteiger partial charge in [0.1, 0.15) is 29.0 Å². The zero-order chi connectivity index (χ0) is 29.0. The Balaban J connectivity index is 1.38. The molecule has 2 aromatic carbocycles. The highest BCUT2D eigenvalue weighted by Crippen LogP contribution is 2.40. The molecule has 0 atom stereocenters. The summed E-state index contributed by atoms with van der Waals surface area (Å²) in [5.74, 6) is 2.18. The second-order valence-corrected chi connectivity index (χ2v) is 11.2. The van der Waals surface area contributed by atoms with Gasteiger partial charge in [0.25, 0.3) is 0 Å². The number of carbonyl (C=O) groups excluding carboxylic acids is 1. The number of halogens is 1. The van der Waals surface area contributed by atoms with Gasteiger partial charge in [-0.3, -0.25) is 9.89 Å². The molecule has 1 saturated heterocycles. The minimum atomic E-state index is -1.22. The van der Waals surface area contributed by atoms with E-state index in [2.05, 4.69) is 20.4 Å². The van der Waals surface area contributed by atoms with Crippen LogP contribution in [0.15, 0.2) is 64.6 Å². The van der Waals surface area contributed by atoms with Gasteiger partial charge in [-0.25, -0.2) is 14.4 Å². The monoisotopic (exact) mass is 576 g/mol. The van der Waals surface area contributed by atoms with Gasteiger partial charge < -0.3 is 20.1 Å².